The number of rotatable bonds is 8. The van der Waals surface area contributed by atoms with E-state index in [0.29, 0.717) is 13.2 Å². The molecular weight excluding hydrogens is 256 g/mol. The first-order valence-electron chi connectivity index (χ1n) is 5.70. The molecule has 1 rings (SSSR count). The average molecular weight is 272 g/mol. The molecule has 1 amide bonds. The molecule has 0 unspecified atom stereocenters. The Morgan fingerprint density at radius 1 is 1.50 bits per heavy atom. The minimum absolute atomic E-state index is 0.101. The van der Waals surface area contributed by atoms with Crippen LogP contribution < -0.4 is 5.32 Å². The van der Waals surface area contributed by atoms with Gasteiger partial charge in [0.05, 0.1) is 0 Å². The third-order valence-corrected chi connectivity index (χ3v) is 2.86. The van der Waals surface area contributed by atoms with Gasteiger partial charge in [-0.25, -0.2) is 9.78 Å². The van der Waals surface area contributed by atoms with Gasteiger partial charge in [0.15, 0.2) is 10.7 Å². The Kier molecular flexibility index (Phi) is 6.31. The maximum atomic E-state index is 11.6. The van der Waals surface area contributed by atoms with E-state index >= 15 is 0 Å². The van der Waals surface area contributed by atoms with Gasteiger partial charge in [0.1, 0.15) is 0 Å². The lowest BCUT2D eigenvalue weighted by Crippen LogP contribution is -2.25. The fourth-order valence-corrected chi connectivity index (χ4v) is 1.88. The van der Waals surface area contributed by atoms with Crippen molar-refractivity contribution in [1.29, 1.82) is 0 Å². The number of ether oxygens (including phenoxy) is 1. The first-order valence-corrected chi connectivity index (χ1v) is 6.58. The van der Waals surface area contributed by atoms with E-state index in [1.54, 1.807) is 0 Å². The highest BCUT2D eigenvalue weighted by molar-refractivity contribution is 7.11. The number of aromatic carboxylic acids is 1. The highest BCUT2D eigenvalue weighted by Crippen LogP contribution is 2.09. The minimum atomic E-state index is -1.13. The quantitative estimate of drug-likeness (QED) is 0.698. The summed E-state index contributed by atoms with van der Waals surface area (Å²) in [5.41, 5.74) is -0.101. The number of hydrogen-bond acceptors (Lipinski definition) is 5. The van der Waals surface area contributed by atoms with Crippen molar-refractivity contribution in [3.63, 3.8) is 0 Å². The first-order chi connectivity index (χ1) is 8.65. The Labute approximate surface area is 109 Å². The molecule has 0 aromatic carbocycles. The van der Waals surface area contributed by atoms with E-state index in [4.69, 9.17) is 9.84 Å². The summed E-state index contributed by atoms with van der Waals surface area (Å²) in [6, 6.07) is 0. The Bertz CT molecular complexity index is 406. The third kappa shape index (κ3) is 4.80. The molecule has 0 spiro atoms. The summed E-state index contributed by atoms with van der Waals surface area (Å²) in [5, 5.41) is 12.9. The predicted octanol–water partition coefficient (Wildman–Crippen LogP) is 1.39. The Hall–Kier alpha value is -1.47. The summed E-state index contributed by atoms with van der Waals surface area (Å²) >= 11 is 1.02. The number of carboxylic acids is 1. The molecule has 6 nitrogen and oxygen atoms in total. The molecule has 0 fully saturated rings. The summed E-state index contributed by atoms with van der Waals surface area (Å²) in [5.74, 6) is -1.47. The van der Waals surface area contributed by atoms with Crippen LogP contribution in [-0.2, 0) is 4.74 Å². The molecule has 2 N–H and O–H groups in total. The van der Waals surface area contributed by atoms with Crippen LogP contribution in [0.2, 0.25) is 0 Å². The van der Waals surface area contributed by atoms with Gasteiger partial charge in [-0.05, 0) is 12.8 Å². The van der Waals surface area contributed by atoms with Crippen LogP contribution >= 0.6 is 11.3 Å². The van der Waals surface area contributed by atoms with Crippen molar-refractivity contribution < 1.29 is 19.4 Å². The van der Waals surface area contributed by atoms with Crippen LogP contribution in [-0.4, -0.2) is 41.7 Å². The second-order valence-electron chi connectivity index (χ2n) is 3.56. The van der Waals surface area contributed by atoms with Crippen LogP contribution in [0.15, 0.2) is 5.38 Å². The Morgan fingerprint density at radius 2 is 2.28 bits per heavy atom. The maximum Gasteiger partial charge on any atom is 0.355 e. The fraction of sp³-hybridized carbons (Fsp3) is 0.545. The van der Waals surface area contributed by atoms with Gasteiger partial charge < -0.3 is 15.2 Å². The second kappa shape index (κ2) is 7.78. The van der Waals surface area contributed by atoms with Crippen molar-refractivity contribution in [3.05, 3.63) is 16.1 Å². The van der Waals surface area contributed by atoms with Crippen LogP contribution in [0.1, 0.15) is 40.1 Å². The summed E-state index contributed by atoms with van der Waals surface area (Å²) in [7, 11) is 0. The number of carbonyl (C=O) groups is 2. The number of nitrogens with one attached hydrogen (secondary N) is 1. The number of hydrogen-bond donors (Lipinski definition) is 2. The van der Waals surface area contributed by atoms with E-state index in [2.05, 4.69) is 10.3 Å². The third-order valence-electron chi connectivity index (χ3n) is 2.02. The minimum Gasteiger partial charge on any atom is -0.476 e. The molecule has 0 saturated heterocycles. The van der Waals surface area contributed by atoms with Crippen LogP contribution in [0.4, 0.5) is 0 Å². The molecule has 7 heteroatoms. The molecule has 0 radical (unpaired) electrons. The molecule has 100 valence electrons. The zero-order valence-corrected chi connectivity index (χ0v) is 11.0. The molecule has 1 heterocycles. The van der Waals surface area contributed by atoms with E-state index in [-0.39, 0.29) is 16.6 Å². The van der Waals surface area contributed by atoms with Crippen molar-refractivity contribution >= 4 is 23.2 Å². The summed E-state index contributed by atoms with van der Waals surface area (Å²) in [6.07, 6.45) is 1.70. The second-order valence-corrected chi connectivity index (χ2v) is 4.42. The van der Waals surface area contributed by atoms with Crippen LogP contribution in [0.5, 0.6) is 0 Å². The lowest BCUT2D eigenvalue weighted by molar-refractivity contribution is 0.0691. The number of nitrogens with zero attached hydrogens (tertiary/aromatic N) is 1. The molecule has 0 aliphatic rings. The van der Waals surface area contributed by atoms with E-state index in [1.807, 2.05) is 6.92 Å². The van der Waals surface area contributed by atoms with Crippen molar-refractivity contribution in [1.82, 2.24) is 10.3 Å². The Morgan fingerprint density at radius 3 is 2.89 bits per heavy atom. The molecule has 0 saturated carbocycles. The van der Waals surface area contributed by atoms with Crippen molar-refractivity contribution in [2.24, 2.45) is 0 Å². The summed E-state index contributed by atoms with van der Waals surface area (Å²) < 4.78 is 5.26. The molecule has 1 aromatic heterocycles. The molecular formula is C11H16N2O4S. The molecule has 0 atom stereocenters. The number of carbonyl (C=O) groups excluding carboxylic acids is 1. The van der Waals surface area contributed by atoms with Gasteiger partial charge in [-0.3, -0.25) is 4.79 Å². The Balaban J connectivity index is 2.25. The molecule has 1 aromatic rings. The molecule has 18 heavy (non-hydrogen) atoms. The van der Waals surface area contributed by atoms with Crippen LogP contribution in [0.25, 0.3) is 0 Å². The highest BCUT2D eigenvalue weighted by Gasteiger charge is 2.13. The number of carboxylic acid groups (broad SMARTS) is 1. The van der Waals surface area contributed by atoms with Crippen LogP contribution in [0.3, 0.4) is 0 Å². The topological polar surface area (TPSA) is 88.5 Å². The number of aromatic nitrogens is 1. The number of thiazole rings is 1. The molecule has 0 aliphatic heterocycles. The van der Waals surface area contributed by atoms with Gasteiger partial charge in [-0.15, -0.1) is 11.3 Å². The SMILES string of the molecule is CCCOCCCNC(=O)c1nc(C(=O)O)cs1. The zero-order valence-electron chi connectivity index (χ0n) is 10.1. The van der Waals surface area contributed by atoms with Gasteiger partial charge >= 0.3 is 5.97 Å². The summed E-state index contributed by atoms with van der Waals surface area (Å²) in [6.45, 7) is 3.85. The normalized spacial score (nSPS) is 10.3. The van der Waals surface area contributed by atoms with Crippen LogP contribution in [0, 0.1) is 0 Å². The average Bonchev–Trinajstić information content (AvgIpc) is 2.83. The highest BCUT2D eigenvalue weighted by atomic mass is 32.1. The predicted molar refractivity (Wildman–Crippen MR) is 67.1 cm³/mol. The van der Waals surface area contributed by atoms with Gasteiger partial charge in [-0.1, -0.05) is 6.92 Å². The van der Waals surface area contributed by atoms with Gasteiger partial charge in [0, 0.05) is 25.1 Å². The first kappa shape index (κ1) is 14.6. The largest absolute Gasteiger partial charge is 0.476 e. The van der Waals surface area contributed by atoms with E-state index in [1.165, 1.54) is 5.38 Å². The molecule has 0 aliphatic carbocycles. The maximum absolute atomic E-state index is 11.6. The van der Waals surface area contributed by atoms with E-state index in [9.17, 15) is 9.59 Å². The van der Waals surface area contributed by atoms with E-state index < -0.39 is 5.97 Å². The van der Waals surface area contributed by atoms with Crippen molar-refractivity contribution in [2.75, 3.05) is 19.8 Å². The van der Waals surface area contributed by atoms with E-state index in [0.717, 1.165) is 30.8 Å². The zero-order chi connectivity index (χ0) is 13.4. The lowest BCUT2D eigenvalue weighted by Gasteiger charge is -2.03. The monoisotopic (exact) mass is 272 g/mol. The van der Waals surface area contributed by atoms with Gasteiger partial charge in [-0.2, -0.15) is 0 Å². The molecule has 0 bridgehead atoms. The van der Waals surface area contributed by atoms with Crippen molar-refractivity contribution in [3.8, 4) is 0 Å². The fourth-order valence-electron chi connectivity index (χ4n) is 1.17. The number of amides is 1. The standard InChI is InChI=1S/C11H16N2O4S/c1-2-5-17-6-3-4-12-9(14)10-13-8(7-18-10)11(15)16/h7H,2-6H2,1H3,(H,12,14)(H,15,16). The summed E-state index contributed by atoms with van der Waals surface area (Å²) in [4.78, 5) is 25.9. The smallest absolute Gasteiger partial charge is 0.355 e. The van der Waals surface area contributed by atoms with Gasteiger partial charge in [0.25, 0.3) is 5.91 Å². The van der Waals surface area contributed by atoms with Crippen molar-refractivity contribution in [2.45, 2.75) is 19.8 Å². The van der Waals surface area contributed by atoms with Gasteiger partial charge in [0.2, 0.25) is 0 Å². The lowest BCUT2D eigenvalue weighted by atomic mass is 10.4.